The van der Waals surface area contributed by atoms with Gasteiger partial charge in [0.1, 0.15) is 5.76 Å². The van der Waals surface area contributed by atoms with Crippen molar-refractivity contribution in [3.8, 4) is 0 Å². The number of aromatic nitrogens is 1. The van der Waals surface area contributed by atoms with Crippen LogP contribution in [0.2, 0.25) is 0 Å². The molecule has 4 aliphatic rings. The van der Waals surface area contributed by atoms with E-state index in [4.69, 9.17) is 9.26 Å². The third-order valence-electron chi connectivity index (χ3n) is 7.41. The van der Waals surface area contributed by atoms with Gasteiger partial charge in [0.15, 0.2) is 5.69 Å². The highest BCUT2D eigenvalue weighted by molar-refractivity contribution is 7.89. The lowest BCUT2D eigenvalue weighted by molar-refractivity contribution is -0.00228. The van der Waals surface area contributed by atoms with Gasteiger partial charge in [0.25, 0.3) is 5.91 Å². The number of ether oxygens (including phenoxy) is 1. The van der Waals surface area contributed by atoms with E-state index in [9.17, 15) is 13.2 Å². The van der Waals surface area contributed by atoms with Crippen LogP contribution in [-0.2, 0) is 14.8 Å². The maximum Gasteiger partial charge on any atom is 0.273 e. The van der Waals surface area contributed by atoms with E-state index >= 15 is 0 Å². The molecule has 0 saturated carbocycles. The van der Waals surface area contributed by atoms with Crippen molar-refractivity contribution in [2.75, 3.05) is 39.1 Å². The first-order chi connectivity index (χ1) is 14.9. The van der Waals surface area contributed by atoms with E-state index in [2.05, 4.69) is 22.4 Å². The highest BCUT2D eigenvalue weighted by atomic mass is 32.2. The van der Waals surface area contributed by atoms with Gasteiger partial charge in [-0.15, -0.1) is 0 Å². The lowest BCUT2D eigenvalue weighted by Gasteiger charge is -2.39. The first kappa shape index (κ1) is 21.4. The lowest BCUT2D eigenvalue weighted by Crippen LogP contribution is -2.53. The van der Waals surface area contributed by atoms with Crippen LogP contribution < -0.4 is 5.32 Å². The highest BCUT2D eigenvalue weighted by Crippen LogP contribution is 2.39. The molecule has 2 atom stereocenters. The third-order valence-corrected chi connectivity index (χ3v) is 9.54. The van der Waals surface area contributed by atoms with Crippen molar-refractivity contribution >= 4 is 15.9 Å². The molecule has 0 radical (unpaired) electrons. The number of sulfonamides is 1. The van der Waals surface area contributed by atoms with E-state index < -0.39 is 10.0 Å². The number of piperidine rings is 2. The fourth-order valence-corrected chi connectivity index (χ4v) is 7.96. The number of carbonyl (C=O) groups excluding carboxylic acids is 1. The Morgan fingerprint density at radius 2 is 1.84 bits per heavy atom. The largest absolute Gasteiger partial charge is 0.380 e. The molecular weight excluding hydrogens is 420 g/mol. The number of hydrogen-bond acceptors (Lipinski definition) is 7. The quantitative estimate of drug-likeness (QED) is 0.691. The molecule has 1 aromatic heterocycles. The van der Waals surface area contributed by atoms with E-state index in [1.807, 2.05) is 0 Å². The Balaban J connectivity index is 1.18. The number of amides is 1. The average Bonchev–Trinajstić information content (AvgIpc) is 3.26. The summed E-state index contributed by atoms with van der Waals surface area (Å²) in [5.74, 6) is 1.13. The zero-order valence-corrected chi connectivity index (χ0v) is 18.8. The number of hydrogen-bond donors (Lipinski definition) is 1. The summed E-state index contributed by atoms with van der Waals surface area (Å²) in [7, 11) is -1.19. The molecule has 2 unspecified atom stereocenters. The Morgan fingerprint density at radius 3 is 2.45 bits per heavy atom. The van der Waals surface area contributed by atoms with E-state index in [0.29, 0.717) is 31.8 Å². The van der Waals surface area contributed by atoms with Crippen molar-refractivity contribution in [1.29, 1.82) is 0 Å². The van der Waals surface area contributed by atoms with E-state index in [1.54, 1.807) is 10.4 Å². The van der Waals surface area contributed by atoms with Crippen LogP contribution in [-0.4, -0.2) is 85.9 Å². The minimum atomic E-state index is -3.28. The maximum absolute atomic E-state index is 13.2. The first-order valence-electron chi connectivity index (χ1n) is 11.4. The SMILES string of the molecule is CN1CCC(CS(=O)(=O)N2C3CCC2CC(NC(=O)c2cc(C4COC4)on2)C3)CC1. The summed E-state index contributed by atoms with van der Waals surface area (Å²) < 4.78 is 38.7. The van der Waals surface area contributed by atoms with Crippen molar-refractivity contribution in [1.82, 2.24) is 19.7 Å². The van der Waals surface area contributed by atoms with Crippen LogP contribution in [0.5, 0.6) is 0 Å². The molecule has 2 bridgehead atoms. The number of fused-ring (bicyclic) bond motifs is 2. The Labute approximate surface area is 183 Å². The zero-order valence-electron chi connectivity index (χ0n) is 18.0. The zero-order chi connectivity index (χ0) is 21.6. The van der Waals surface area contributed by atoms with Crippen molar-refractivity contribution < 1.29 is 22.5 Å². The van der Waals surface area contributed by atoms with Crippen LogP contribution in [0.4, 0.5) is 0 Å². The van der Waals surface area contributed by atoms with Crippen LogP contribution >= 0.6 is 0 Å². The van der Waals surface area contributed by atoms with Gasteiger partial charge >= 0.3 is 0 Å². The van der Waals surface area contributed by atoms with Crippen LogP contribution in [0.25, 0.3) is 0 Å². The molecule has 4 fully saturated rings. The monoisotopic (exact) mass is 452 g/mol. The Morgan fingerprint density at radius 1 is 1.16 bits per heavy atom. The Bertz CT molecular complexity index is 893. The molecule has 1 aromatic rings. The van der Waals surface area contributed by atoms with Crippen LogP contribution in [0.15, 0.2) is 10.6 Å². The standard InChI is InChI=1S/C21H32N4O5S/c1-24-6-4-14(5-7-24)13-31(27,28)25-17-2-3-18(25)9-16(8-17)22-21(26)19-10-20(30-23-19)15-11-29-12-15/h10,14-18H,2-9,11-13H2,1H3,(H,22,26). The molecule has 4 aliphatic heterocycles. The summed E-state index contributed by atoms with van der Waals surface area (Å²) in [4.78, 5) is 14.9. The number of carbonyl (C=O) groups is 1. The van der Waals surface area contributed by atoms with Crippen LogP contribution in [0.1, 0.15) is 60.7 Å². The van der Waals surface area contributed by atoms with Gasteiger partial charge in [-0.05, 0) is 64.6 Å². The van der Waals surface area contributed by atoms with Crippen LogP contribution in [0.3, 0.4) is 0 Å². The summed E-state index contributed by atoms with van der Waals surface area (Å²) >= 11 is 0. The van der Waals surface area contributed by atoms with Gasteiger partial charge in [-0.2, -0.15) is 4.31 Å². The summed E-state index contributed by atoms with van der Waals surface area (Å²) in [6.07, 6.45) is 4.97. The fraction of sp³-hybridized carbons (Fsp3) is 0.810. The summed E-state index contributed by atoms with van der Waals surface area (Å²) in [5.41, 5.74) is 0.284. The van der Waals surface area contributed by atoms with Gasteiger partial charge < -0.3 is 19.5 Å². The molecule has 4 saturated heterocycles. The van der Waals surface area contributed by atoms with Crippen molar-refractivity contribution in [2.45, 2.75) is 62.6 Å². The second kappa shape index (κ2) is 8.46. The van der Waals surface area contributed by atoms with Gasteiger partial charge in [0, 0.05) is 24.2 Å². The summed E-state index contributed by atoms with van der Waals surface area (Å²) in [5, 5.41) is 6.97. The third kappa shape index (κ3) is 4.40. The molecular formula is C21H32N4O5S. The Hall–Kier alpha value is -1.49. The molecule has 5 rings (SSSR count). The van der Waals surface area contributed by atoms with Crippen LogP contribution in [0, 0.1) is 5.92 Å². The number of likely N-dealkylation sites (tertiary alicyclic amines) is 1. The van der Waals surface area contributed by atoms with Gasteiger partial charge in [-0.1, -0.05) is 5.16 Å². The number of rotatable bonds is 6. The molecule has 5 heterocycles. The van der Waals surface area contributed by atoms with Gasteiger partial charge in [-0.3, -0.25) is 4.79 Å². The molecule has 1 amide bonds. The summed E-state index contributed by atoms with van der Waals surface area (Å²) in [6.45, 7) is 3.14. The molecule has 0 aliphatic carbocycles. The minimum absolute atomic E-state index is 0.0136. The molecule has 31 heavy (non-hydrogen) atoms. The summed E-state index contributed by atoms with van der Waals surface area (Å²) in [6, 6.07) is 1.63. The number of nitrogens with one attached hydrogen (secondary N) is 1. The maximum atomic E-state index is 13.2. The fourth-order valence-electron chi connectivity index (χ4n) is 5.57. The average molecular weight is 453 g/mol. The first-order valence-corrected chi connectivity index (χ1v) is 13.0. The molecule has 172 valence electrons. The molecule has 9 nitrogen and oxygen atoms in total. The second-order valence-corrected chi connectivity index (χ2v) is 11.6. The topological polar surface area (TPSA) is 105 Å². The smallest absolute Gasteiger partial charge is 0.273 e. The van der Waals surface area contributed by atoms with Gasteiger partial charge in [0.05, 0.1) is 24.9 Å². The van der Waals surface area contributed by atoms with E-state index in [0.717, 1.165) is 38.8 Å². The van der Waals surface area contributed by atoms with E-state index in [-0.39, 0.29) is 47.3 Å². The minimum Gasteiger partial charge on any atom is -0.380 e. The molecule has 10 heteroatoms. The van der Waals surface area contributed by atoms with Gasteiger partial charge in [0.2, 0.25) is 10.0 Å². The lowest BCUT2D eigenvalue weighted by atomic mass is 9.99. The molecule has 0 spiro atoms. The van der Waals surface area contributed by atoms with E-state index in [1.165, 1.54) is 0 Å². The van der Waals surface area contributed by atoms with Crippen molar-refractivity contribution in [2.24, 2.45) is 5.92 Å². The predicted molar refractivity (Wildman–Crippen MR) is 113 cm³/mol. The normalized spacial score (nSPS) is 30.9. The van der Waals surface area contributed by atoms with Gasteiger partial charge in [-0.25, -0.2) is 8.42 Å². The highest BCUT2D eigenvalue weighted by Gasteiger charge is 2.47. The second-order valence-electron chi connectivity index (χ2n) is 9.73. The van der Waals surface area contributed by atoms with Crippen molar-refractivity contribution in [3.63, 3.8) is 0 Å². The van der Waals surface area contributed by atoms with Crippen molar-refractivity contribution in [3.05, 3.63) is 17.5 Å². The molecule has 0 aromatic carbocycles. The predicted octanol–water partition coefficient (Wildman–Crippen LogP) is 1.19. The molecule has 1 N–H and O–H groups in total. The Kier molecular flexibility index (Phi) is 5.83. The number of nitrogens with zero attached hydrogens (tertiary/aromatic N) is 3.